The number of aromatic nitrogens is 20. The van der Waals surface area contributed by atoms with Crippen LogP contribution in [0.2, 0.25) is 20.1 Å². The number of aromatic amines is 5. The van der Waals surface area contributed by atoms with Gasteiger partial charge in [-0.05, 0) is 186 Å². The highest BCUT2D eigenvalue weighted by Gasteiger charge is 2.28. The third-order valence-electron chi connectivity index (χ3n) is 23.7. The first-order valence-electron chi connectivity index (χ1n) is 49.8. The van der Waals surface area contributed by atoms with Crippen LogP contribution in [0.3, 0.4) is 0 Å². The molecule has 143 heavy (non-hydrogen) atoms. The number of carboxylic acid groups (broad SMARTS) is 1. The van der Waals surface area contributed by atoms with Gasteiger partial charge >= 0.3 is 5.97 Å². The molecule has 42 heteroatoms. The Hall–Kier alpha value is -11.1. The van der Waals surface area contributed by atoms with Gasteiger partial charge in [0.15, 0.2) is 75.3 Å². The van der Waals surface area contributed by atoms with Crippen molar-refractivity contribution >= 4 is 114 Å². The number of hydrogen-bond acceptors (Lipinski definition) is 22. The number of carbonyl (C=O) groups excluding carboxylic acids is 2. The first-order valence-corrected chi connectivity index (χ1v) is 54.2. The van der Waals surface area contributed by atoms with E-state index < -0.39 is 39.3 Å². The van der Waals surface area contributed by atoms with Gasteiger partial charge in [-0.25, -0.2) is 42.9 Å². The van der Waals surface area contributed by atoms with Crippen LogP contribution in [0.4, 0.5) is 0 Å². The summed E-state index contributed by atoms with van der Waals surface area (Å²) in [4.78, 5) is 59.0. The normalized spacial score (nSPS) is 12.6. The summed E-state index contributed by atoms with van der Waals surface area (Å²) >= 11 is 22.8. The molecule has 9 N–H and O–H groups in total. The molecular formula is C101H143Cl4N23O13S2. The van der Waals surface area contributed by atoms with Gasteiger partial charge in [0.25, 0.3) is 23.1 Å². The Morgan fingerprint density at radius 1 is 0.441 bits per heavy atom. The molecule has 0 saturated carbocycles. The predicted molar refractivity (Wildman–Crippen MR) is 561 cm³/mol. The van der Waals surface area contributed by atoms with Crippen molar-refractivity contribution in [3.05, 3.63) is 190 Å². The van der Waals surface area contributed by atoms with Crippen LogP contribution >= 0.6 is 46.4 Å². The monoisotopic (exact) mass is 2090 g/mol. The maximum Gasteiger partial charge on any atom is 0.335 e. The van der Waals surface area contributed by atoms with E-state index in [1.807, 2.05) is 120 Å². The third kappa shape index (κ3) is 34.8. The van der Waals surface area contributed by atoms with Crippen LogP contribution in [0.1, 0.15) is 297 Å². The highest BCUT2D eigenvalue weighted by atomic mass is 35.5. The van der Waals surface area contributed by atoms with Crippen molar-refractivity contribution in [2.45, 2.75) is 302 Å². The summed E-state index contributed by atoms with van der Waals surface area (Å²) in [6.07, 6.45) is 24.5. The Labute approximate surface area is 859 Å². The van der Waals surface area contributed by atoms with Gasteiger partial charge in [0.1, 0.15) is 59.6 Å². The van der Waals surface area contributed by atoms with E-state index in [0.29, 0.717) is 160 Å². The van der Waals surface area contributed by atoms with Gasteiger partial charge in [-0.2, -0.15) is 22.7 Å². The molecule has 14 aromatic rings. The lowest BCUT2D eigenvalue weighted by molar-refractivity contribution is -0.129. The van der Waals surface area contributed by atoms with Gasteiger partial charge in [0.2, 0.25) is 5.65 Å². The van der Waals surface area contributed by atoms with Crippen LogP contribution in [0.25, 0.3) is 28.2 Å². The van der Waals surface area contributed by atoms with E-state index in [2.05, 4.69) is 131 Å². The quantitative estimate of drug-likeness (QED) is 0.0160. The average Bonchev–Trinajstić information content (AvgIpc) is 1.64. The molecule has 2 amide bonds. The van der Waals surface area contributed by atoms with Gasteiger partial charge in [0, 0.05) is 50.9 Å². The number of nitrogens with zero attached hydrogens (tertiary/aromatic N) is 15. The summed E-state index contributed by atoms with van der Waals surface area (Å²) < 4.78 is 83.1. The average molecular weight is 2090 g/mol. The van der Waals surface area contributed by atoms with Crippen molar-refractivity contribution in [2.24, 2.45) is 0 Å². The summed E-state index contributed by atoms with van der Waals surface area (Å²) in [6.45, 7) is 36.6. The second kappa shape index (κ2) is 57.0. The number of ether oxygens (including phenoxy) is 5. The molecule has 5 unspecified atom stereocenters. The number of nitrogens with one attached hydrogen (secondary N) is 8. The highest BCUT2D eigenvalue weighted by molar-refractivity contribution is 7.91. The largest absolute Gasteiger partial charge is 0.487 e. The zero-order valence-corrected chi connectivity index (χ0v) is 90.2. The first-order chi connectivity index (χ1) is 68.5. The van der Waals surface area contributed by atoms with Gasteiger partial charge in [-0.3, -0.25) is 35.1 Å². The molecule has 0 radical (unpaired) electrons. The Morgan fingerprint density at radius 3 is 1.36 bits per heavy atom. The van der Waals surface area contributed by atoms with E-state index in [-0.39, 0.29) is 40.7 Å². The number of H-pyrrole nitrogens is 5. The first kappa shape index (κ1) is 114. The maximum atomic E-state index is 13.0. The minimum Gasteiger partial charge on any atom is -0.487 e. The van der Waals surface area contributed by atoms with Gasteiger partial charge in [0.05, 0.1) is 52.1 Å². The molecule has 0 aliphatic rings. The summed E-state index contributed by atoms with van der Waals surface area (Å²) in [5.41, 5.74) is 12.6. The van der Waals surface area contributed by atoms with E-state index in [1.165, 1.54) is 79.3 Å². The van der Waals surface area contributed by atoms with Crippen LogP contribution < -0.4 is 38.5 Å². The smallest absolute Gasteiger partial charge is 0.335 e. The fraction of sp³-hybridized carbons (Fsp3) is 0.535. The van der Waals surface area contributed by atoms with Gasteiger partial charge < -0.3 is 43.6 Å². The lowest BCUT2D eigenvalue weighted by Gasteiger charge is -2.21. The molecule has 0 fully saturated rings. The number of halogens is 4. The summed E-state index contributed by atoms with van der Waals surface area (Å²) in [6, 6.07) is 23.7. The zero-order chi connectivity index (χ0) is 103. The molecule has 36 nitrogen and oxygen atoms in total. The minimum atomic E-state index is -3.08. The standard InChI is InChI=1S/C27H40N4O5S.C24H34ClN5O2.C23H32ClN5O2.C21H30ClN5O4S.C6H7ClN4/c1-3-4-5-6-7-8-9-10-11-12-19-37(34,35)20-13-14-24-28-26-25(21(2)29-31(26)30-24)36-23-17-15-22(16-18-23)27(32)33;1-6-7-8-9-10-20(32-19-12-11-15(2)13-16(19)3)24(31)26-14-17(4)22-27-23-21(25)18(5)28-30(23)29-22;1-5-6-7-8-9-19(31-18-11-10-15(2)14-16(18)3)23(30)25-13-12-20-26-22-21(24)17(4)27-29(22)28-20;1-5-6-9-29-10-11-30-17-8-7-14(2)12-18(17)31-32(28)23-13-15(3)20-24-21-19(22)16(4)25-27(21)26-20;1-3-5(7)6-8-4(2)10-11(6)9-3/h15-18,29H,3-14,19-20H2,1-2H3,(H,32,33);11-13,17,20,28H,6-10,14H2,1-5H3,(H,26,31);10-11,14,19,27H,5-9,12-13H2,1-4H3,(H,25,30);7-8,12,15,23,25H,5-6,9-11,13H2,1-4H3;9H,1-2H3. The number of carboxylic acids is 1. The van der Waals surface area contributed by atoms with Crippen LogP contribution in [0, 0.1) is 76.2 Å². The number of aryl methyl sites for hydroxylation is 12. The van der Waals surface area contributed by atoms with E-state index in [9.17, 15) is 27.0 Å². The minimum absolute atomic E-state index is 0.0644. The number of aromatic carboxylic acids is 1. The number of sulfone groups is 1. The lowest BCUT2D eigenvalue weighted by atomic mass is 10.1. The van der Waals surface area contributed by atoms with Gasteiger partial charge in [-0.15, -0.1) is 30.1 Å². The number of fused-ring (bicyclic) bond motifs is 5. The molecule has 0 aliphatic carbocycles. The number of unbranched alkanes of at least 4 members (excludes halogenated alkanes) is 16. The second-order valence-electron chi connectivity index (χ2n) is 36.4. The van der Waals surface area contributed by atoms with Crippen molar-refractivity contribution in [1.29, 1.82) is 0 Å². The molecule has 14 rings (SSSR count). The Bertz CT molecular complexity index is 6530. The molecule has 0 bridgehead atoms. The fourth-order valence-corrected chi connectivity index (χ4v) is 18.3. The van der Waals surface area contributed by atoms with Crippen LogP contribution in [0.5, 0.6) is 34.5 Å². The van der Waals surface area contributed by atoms with Crippen molar-refractivity contribution in [1.82, 2.24) is 114 Å². The Morgan fingerprint density at radius 2 is 0.867 bits per heavy atom. The van der Waals surface area contributed by atoms with E-state index in [1.54, 1.807) is 42.8 Å². The van der Waals surface area contributed by atoms with Crippen molar-refractivity contribution < 1.29 is 60.0 Å². The zero-order valence-electron chi connectivity index (χ0n) is 85.5. The number of hydrogen-bond donors (Lipinski definition) is 9. The van der Waals surface area contributed by atoms with Crippen molar-refractivity contribution in [3.63, 3.8) is 0 Å². The second-order valence-corrected chi connectivity index (χ2v) is 41.2. The predicted octanol–water partition coefficient (Wildman–Crippen LogP) is 21.3. The molecule has 0 aliphatic heterocycles. The molecule has 0 spiro atoms. The lowest BCUT2D eigenvalue weighted by Crippen LogP contribution is -2.40. The van der Waals surface area contributed by atoms with Crippen LogP contribution in [0.15, 0.2) is 78.9 Å². The number of carbonyl (C=O) groups is 3. The fourth-order valence-electron chi connectivity index (χ4n) is 15.5. The molecular weight excluding hydrogens is 1950 g/mol. The molecule has 780 valence electrons. The van der Waals surface area contributed by atoms with E-state index >= 15 is 0 Å². The maximum absolute atomic E-state index is 13.0. The van der Waals surface area contributed by atoms with Crippen LogP contribution in [-0.2, 0) is 48.3 Å². The summed E-state index contributed by atoms with van der Waals surface area (Å²) in [5, 5.41) is 54.3. The third-order valence-corrected chi connectivity index (χ3v) is 28.1. The SMILES string of the molecule is CCCCCCC(Oc1ccc(C)cc1C)C(=O)NCC(C)c1nc2c(Cl)c(C)[nH]n2n1.CCCCCCC(Oc1ccc(C)cc1C)C(=O)NCCc1nc2c(Cl)c(C)[nH]n2n1.CCCCCCCCCCCCS(=O)(=O)CCCc1nc2c(Oc3ccc(C(=O)O)cc3)c(C)[nH]n2n1.CCCCOCCOc1ccc(C)cc1OS(=O)NCC(C)c1nc2c(Cl)c(C)[nH]n2n1.Cc1nc2c(Cl)c(C)[nH]n2n1. The Kier molecular flexibility index (Phi) is 45.3. The molecule has 5 atom stereocenters. The van der Waals surface area contributed by atoms with Crippen molar-refractivity contribution in [3.8, 4) is 34.5 Å². The number of amides is 2. The number of rotatable bonds is 53. The molecule has 4 aromatic carbocycles. The van der Waals surface area contributed by atoms with E-state index in [4.69, 9.17) is 79.4 Å². The summed E-state index contributed by atoms with van der Waals surface area (Å²) in [5.74, 6) is 5.55. The summed E-state index contributed by atoms with van der Waals surface area (Å²) in [7, 11) is -3.08. The van der Waals surface area contributed by atoms with Crippen LogP contribution in [-0.4, -0.2) is 198 Å². The van der Waals surface area contributed by atoms with E-state index in [0.717, 1.165) is 146 Å². The van der Waals surface area contributed by atoms with Gasteiger partial charge in [-0.1, -0.05) is 232 Å². The topological polar surface area (TPSA) is 444 Å². The molecule has 0 saturated heterocycles. The van der Waals surface area contributed by atoms with Crippen molar-refractivity contribution in [2.75, 3.05) is 51.0 Å². The molecule has 10 aromatic heterocycles. The Balaban J connectivity index is 0.000000189. The number of benzene rings is 4. The molecule has 10 heterocycles. The highest BCUT2D eigenvalue weighted by Crippen LogP contribution is 2.34.